The number of nitrogens with one attached hydrogen (secondary N) is 1. The molecule has 1 aliphatic rings. The van der Waals surface area contributed by atoms with Gasteiger partial charge in [0.1, 0.15) is 0 Å². The van der Waals surface area contributed by atoms with E-state index in [0.29, 0.717) is 13.0 Å². The molecule has 0 amide bonds. The van der Waals surface area contributed by atoms with Gasteiger partial charge in [0.15, 0.2) is 0 Å². The quantitative estimate of drug-likeness (QED) is 0.739. The number of hydrogen-bond donors (Lipinski definition) is 1. The lowest BCUT2D eigenvalue weighted by atomic mass is 9.81. The lowest BCUT2D eigenvalue weighted by Gasteiger charge is -2.36. The second-order valence-electron chi connectivity index (χ2n) is 5.46. The van der Waals surface area contributed by atoms with Crippen LogP contribution in [0, 0.1) is 0 Å². The topological polar surface area (TPSA) is 38.3 Å². The van der Waals surface area contributed by atoms with Gasteiger partial charge >= 0.3 is 5.97 Å². The molecule has 0 atom stereocenters. The largest absolute Gasteiger partial charge is 0.466 e. The Morgan fingerprint density at radius 1 is 1.11 bits per heavy atom. The van der Waals surface area contributed by atoms with Gasteiger partial charge in [-0.1, -0.05) is 39.0 Å². The van der Waals surface area contributed by atoms with Crippen molar-refractivity contribution in [2.24, 2.45) is 0 Å². The molecule has 1 rings (SSSR count). The maximum absolute atomic E-state index is 11.8. The first-order chi connectivity index (χ1) is 8.72. The van der Waals surface area contributed by atoms with Gasteiger partial charge in [-0.15, -0.1) is 0 Å². The summed E-state index contributed by atoms with van der Waals surface area (Å²) in [4.78, 5) is 11.8. The molecular weight excluding hydrogens is 226 g/mol. The summed E-state index contributed by atoms with van der Waals surface area (Å²) in [5, 5.41) is 3.64. The van der Waals surface area contributed by atoms with Crippen LogP contribution in [0.2, 0.25) is 0 Å². The Labute approximate surface area is 112 Å². The maximum Gasteiger partial charge on any atom is 0.307 e. The molecule has 18 heavy (non-hydrogen) atoms. The van der Waals surface area contributed by atoms with Crippen LogP contribution in [-0.2, 0) is 9.53 Å². The van der Waals surface area contributed by atoms with Crippen molar-refractivity contribution in [1.82, 2.24) is 5.32 Å². The van der Waals surface area contributed by atoms with Crippen LogP contribution in [0.3, 0.4) is 0 Å². The van der Waals surface area contributed by atoms with Gasteiger partial charge in [0, 0.05) is 5.54 Å². The highest BCUT2D eigenvalue weighted by Crippen LogP contribution is 2.29. The molecule has 3 heteroatoms. The average Bonchev–Trinajstić information content (AvgIpc) is 2.31. The first kappa shape index (κ1) is 15.5. The summed E-state index contributed by atoms with van der Waals surface area (Å²) < 4.78 is 5.14. The molecule has 0 aromatic rings. The third-order valence-electron chi connectivity index (χ3n) is 3.85. The van der Waals surface area contributed by atoms with E-state index in [1.54, 1.807) is 0 Å². The molecule has 0 radical (unpaired) electrons. The highest BCUT2D eigenvalue weighted by molar-refractivity contribution is 5.70. The van der Waals surface area contributed by atoms with E-state index in [9.17, 15) is 4.79 Å². The van der Waals surface area contributed by atoms with E-state index in [-0.39, 0.29) is 11.5 Å². The van der Waals surface area contributed by atoms with Crippen molar-refractivity contribution in [3.8, 4) is 0 Å². The second-order valence-corrected chi connectivity index (χ2v) is 5.46. The molecule has 0 saturated heterocycles. The number of hydrogen-bond acceptors (Lipinski definition) is 3. The van der Waals surface area contributed by atoms with E-state index >= 15 is 0 Å². The minimum Gasteiger partial charge on any atom is -0.466 e. The molecular formula is C15H29NO2. The van der Waals surface area contributed by atoms with Crippen molar-refractivity contribution in [2.45, 2.75) is 77.2 Å². The fourth-order valence-electron chi connectivity index (χ4n) is 2.88. The zero-order valence-corrected chi connectivity index (χ0v) is 12.1. The van der Waals surface area contributed by atoms with Gasteiger partial charge in [0.05, 0.1) is 13.0 Å². The summed E-state index contributed by atoms with van der Waals surface area (Å²) in [5.41, 5.74) is 0.00266. The Balaban J connectivity index is 2.61. The number of rotatable bonds is 6. The van der Waals surface area contributed by atoms with Crippen LogP contribution in [0.15, 0.2) is 0 Å². The summed E-state index contributed by atoms with van der Waals surface area (Å²) in [6, 6.07) is 0. The van der Waals surface area contributed by atoms with E-state index in [4.69, 9.17) is 4.74 Å². The van der Waals surface area contributed by atoms with E-state index in [1.165, 1.54) is 32.1 Å². The molecule has 0 aromatic heterocycles. The van der Waals surface area contributed by atoms with E-state index in [2.05, 4.69) is 12.2 Å². The molecule has 0 aliphatic heterocycles. The molecule has 0 unspecified atom stereocenters. The van der Waals surface area contributed by atoms with Crippen molar-refractivity contribution in [3.63, 3.8) is 0 Å². The van der Waals surface area contributed by atoms with Crippen LogP contribution in [0.25, 0.3) is 0 Å². The molecule has 1 N–H and O–H groups in total. The molecule has 0 spiro atoms. The van der Waals surface area contributed by atoms with Crippen LogP contribution >= 0.6 is 0 Å². The Hall–Kier alpha value is -0.570. The minimum atomic E-state index is -0.0401. The highest BCUT2D eigenvalue weighted by atomic mass is 16.5. The van der Waals surface area contributed by atoms with Gasteiger partial charge in [-0.25, -0.2) is 0 Å². The zero-order chi connectivity index (χ0) is 13.3. The smallest absolute Gasteiger partial charge is 0.307 e. The van der Waals surface area contributed by atoms with Gasteiger partial charge in [0.25, 0.3) is 0 Å². The average molecular weight is 255 g/mol. The van der Waals surface area contributed by atoms with E-state index in [0.717, 1.165) is 25.8 Å². The fraction of sp³-hybridized carbons (Fsp3) is 0.933. The molecule has 0 bridgehead atoms. The molecule has 0 heterocycles. The molecule has 1 aliphatic carbocycles. The lowest BCUT2D eigenvalue weighted by Crippen LogP contribution is -2.48. The first-order valence-corrected chi connectivity index (χ1v) is 7.63. The van der Waals surface area contributed by atoms with Gasteiger partial charge in [0.2, 0.25) is 0 Å². The Kier molecular flexibility index (Phi) is 7.33. The van der Waals surface area contributed by atoms with Gasteiger partial charge in [-0.3, -0.25) is 4.79 Å². The standard InChI is InChI=1S/C15H29NO2/c1-3-12-16-15(13-14(17)18-4-2)10-8-6-5-7-9-11-15/h16H,3-13H2,1-2H3. The fourth-order valence-corrected chi connectivity index (χ4v) is 2.88. The number of carbonyl (C=O) groups excluding carboxylic acids is 1. The Morgan fingerprint density at radius 2 is 1.72 bits per heavy atom. The Bertz CT molecular complexity index is 227. The normalized spacial score (nSPS) is 19.9. The zero-order valence-electron chi connectivity index (χ0n) is 12.1. The molecule has 3 nitrogen and oxygen atoms in total. The van der Waals surface area contributed by atoms with Gasteiger partial charge in [-0.05, 0) is 32.7 Å². The SMILES string of the molecule is CCCNC1(CC(=O)OCC)CCCCCCC1. The minimum absolute atomic E-state index is 0.00266. The van der Waals surface area contributed by atoms with Crippen LogP contribution in [-0.4, -0.2) is 24.7 Å². The highest BCUT2D eigenvalue weighted by Gasteiger charge is 2.32. The Morgan fingerprint density at radius 3 is 2.28 bits per heavy atom. The maximum atomic E-state index is 11.8. The van der Waals surface area contributed by atoms with Crippen LogP contribution < -0.4 is 5.32 Å². The summed E-state index contributed by atoms with van der Waals surface area (Å²) in [6.45, 7) is 5.54. The molecule has 1 saturated carbocycles. The predicted molar refractivity (Wildman–Crippen MR) is 74.6 cm³/mol. The summed E-state index contributed by atoms with van der Waals surface area (Å²) in [5.74, 6) is -0.0401. The van der Waals surface area contributed by atoms with Crippen LogP contribution in [0.4, 0.5) is 0 Å². The number of ether oxygens (including phenoxy) is 1. The molecule has 0 aromatic carbocycles. The third kappa shape index (κ3) is 5.38. The van der Waals surface area contributed by atoms with Crippen molar-refractivity contribution in [3.05, 3.63) is 0 Å². The second kappa shape index (κ2) is 8.52. The monoisotopic (exact) mass is 255 g/mol. The first-order valence-electron chi connectivity index (χ1n) is 7.63. The number of esters is 1. The summed E-state index contributed by atoms with van der Waals surface area (Å²) in [7, 11) is 0. The lowest BCUT2D eigenvalue weighted by molar-refractivity contribution is -0.145. The predicted octanol–water partition coefficient (Wildman–Crippen LogP) is 3.42. The molecule has 1 fully saturated rings. The molecule has 106 valence electrons. The van der Waals surface area contributed by atoms with E-state index < -0.39 is 0 Å². The van der Waals surface area contributed by atoms with Gasteiger partial charge in [-0.2, -0.15) is 0 Å². The van der Waals surface area contributed by atoms with Crippen molar-refractivity contribution < 1.29 is 9.53 Å². The van der Waals surface area contributed by atoms with Crippen molar-refractivity contribution >= 4 is 5.97 Å². The van der Waals surface area contributed by atoms with Crippen LogP contribution in [0.5, 0.6) is 0 Å². The van der Waals surface area contributed by atoms with E-state index in [1.807, 2.05) is 6.92 Å². The third-order valence-corrected chi connectivity index (χ3v) is 3.85. The number of carbonyl (C=O) groups is 1. The summed E-state index contributed by atoms with van der Waals surface area (Å²) in [6.07, 6.45) is 10.3. The summed E-state index contributed by atoms with van der Waals surface area (Å²) >= 11 is 0. The van der Waals surface area contributed by atoms with Crippen LogP contribution in [0.1, 0.15) is 71.6 Å². The van der Waals surface area contributed by atoms with Crippen molar-refractivity contribution in [1.29, 1.82) is 0 Å². The van der Waals surface area contributed by atoms with Gasteiger partial charge < -0.3 is 10.1 Å². The van der Waals surface area contributed by atoms with Crippen molar-refractivity contribution in [2.75, 3.05) is 13.2 Å².